The molecule has 1 aliphatic heterocycles. The van der Waals surface area contributed by atoms with Crippen molar-refractivity contribution in [2.75, 3.05) is 37.2 Å². The Labute approximate surface area is 217 Å². The number of nitrogens with zero attached hydrogens (tertiary/aromatic N) is 2. The van der Waals surface area contributed by atoms with Gasteiger partial charge in [0, 0.05) is 31.2 Å². The van der Waals surface area contributed by atoms with E-state index in [0.29, 0.717) is 17.3 Å². The van der Waals surface area contributed by atoms with Crippen LogP contribution in [-0.2, 0) is 32.6 Å². The van der Waals surface area contributed by atoms with Gasteiger partial charge in [0.05, 0.1) is 23.8 Å². The van der Waals surface area contributed by atoms with Gasteiger partial charge in [-0.1, -0.05) is 54.1 Å². The molecule has 1 N–H and O–H groups in total. The van der Waals surface area contributed by atoms with E-state index in [0.717, 1.165) is 48.3 Å². The molecule has 36 heavy (non-hydrogen) atoms. The molecule has 1 fully saturated rings. The van der Waals surface area contributed by atoms with Crippen LogP contribution in [0.4, 0.5) is 5.69 Å². The van der Waals surface area contributed by atoms with E-state index in [9.17, 15) is 13.2 Å². The molecular formula is C27H30ClN3O4S. The fourth-order valence-corrected chi connectivity index (χ4v) is 5.66. The largest absolute Gasteiger partial charge is 0.379 e. The van der Waals surface area contributed by atoms with E-state index in [1.807, 2.05) is 31.2 Å². The summed E-state index contributed by atoms with van der Waals surface area (Å²) in [5.41, 5.74) is 3.35. The number of anilines is 1. The summed E-state index contributed by atoms with van der Waals surface area (Å²) in [5, 5.41) is 3.29. The van der Waals surface area contributed by atoms with E-state index in [1.54, 1.807) is 12.1 Å². The highest BCUT2D eigenvalue weighted by atomic mass is 35.5. The molecule has 1 amide bonds. The van der Waals surface area contributed by atoms with E-state index in [4.69, 9.17) is 16.3 Å². The van der Waals surface area contributed by atoms with Crippen molar-refractivity contribution in [3.05, 3.63) is 94.5 Å². The number of ether oxygens (including phenoxy) is 1. The number of benzene rings is 3. The minimum Gasteiger partial charge on any atom is -0.379 e. The van der Waals surface area contributed by atoms with Crippen molar-refractivity contribution in [2.45, 2.75) is 24.9 Å². The van der Waals surface area contributed by atoms with E-state index in [1.165, 1.54) is 29.8 Å². The van der Waals surface area contributed by atoms with Gasteiger partial charge in [-0.25, -0.2) is 8.42 Å². The molecule has 9 heteroatoms. The van der Waals surface area contributed by atoms with Crippen LogP contribution < -0.4 is 9.62 Å². The average molecular weight is 528 g/mol. The number of amides is 1. The summed E-state index contributed by atoms with van der Waals surface area (Å²) in [6.07, 6.45) is 0. The summed E-state index contributed by atoms with van der Waals surface area (Å²) in [7, 11) is -3.99. The standard InChI is InChI=1S/C27H30ClN3O4S/c1-21-4-2-3-5-26(21)31(36(33,34)25-12-10-24(28)11-13-25)20-27(32)29-18-22-6-8-23(9-7-22)19-30-14-16-35-17-15-30/h2-13H,14-20H2,1H3,(H,29,32). The van der Waals surface area contributed by atoms with E-state index < -0.39 is 15.9 Å². The molecule has 0 aromatic heterocycles. The second-order valence-electron chi connectivity index (χ2n) is 8.73. The minimum absolute atomic E-state index is 0.0683. The predicted octanol–water partition coefficient (Wildman–Crippen LogP) is 3.99. The number of nitrogens with one attached hydrogen (secondary N) is 1. The van der Waals surface area contributed by atoms with Crippen LogP contribution in [0.15, 0.2) is 77.7 Å². The third-order valence-electron chi connectivity index (χ3n) is 6.10. The maximum Gasteiger partial charge on any atom is 0.264 e. The number of rotatable bonds is 9. The average Bonchev–Trinajstić information content (AvgIpc) is 2.88. The first kappa shape index (κ1) is 26.2. The van der Waals surface area contributed by atoms with Gasteiger partial charge in [-0.15, -0.1) is 0 Å². The number of carbonyl (C=O) groups excluding carboxylic acids is 1. The highest BCUT2D eigenvalue weighted by Crippen LogP contribution is 2.27. The van der Waals surface area contributed by atoms with Crippen molar-refractivity contribution in [3.63, 3.8) is 0 Å². The molecule has 0 unspecified atom stereocenters. The Hall–Kier alpha value is -2.91. The zero-order valence-corrected chi connectivity index (χ0v) is 21.8. The van der Waals surface area contributed by atoms with Crippen molar-refractivity contribution in [1.82, 2.24) is 10.2 Å². The molecule has 0 spiro atoms. The van der Waals surface area contributed by atoms with Crippen LogP contribution in [0, 0.1) is 6.92 Å². The van der Waals surface area contributed by atoms with Crippen LogP contribution in [0.2, 0.25) is 5.02 Å². The van der Waals surface area contributed by atoms with Crippen molar-refractivity contribution < 1.29 is 17.9 Å². The number of sulfonamides is 1. The van der Waals surface area contributed by atoms with Crippen LogP contribution in [0.25, 0.3) is 0 Å². The van der Waals surface area contributed by atoms with Gasteiger partial charge >= 0.3 is 0 Å². The maximum absolute atomic E-state index is 13.5. The molecule has 1 saturated heterocycles. The number of halogens is 1. The van der Waals surface area contributed by atoms with E-state index >= 15 is 0 Å². The number of carbonyl (C=O) groups is 1. The summed E-state index contributed by atoms with van der Waals surface area (Å²) in [6.45, 7) is 6.02. The molecular weight excluding hydrogens is 498 g/mol. The normalized spacial score (nSPS) is 14.4. The molecule has 3 aromatic carbocycles. The lowest BCUT2D eigenvalue weighted by molar-refractivity contribution is -0.119. The van der Waals surface area contributed by atoms with Crippen LogP contribution >= 0.6 is 11.6 Å². The third kappa shape index (κ3) is 6.64. The van der Waals surface area contributed by atoms with Gasteiger partial charge in [-0.3, -0.25) is 14.0 Å². The minimum atomic E-state index is -3.99. The molecule has 0 atom stereocenters. The monoisotopic (exact) mass is 527 g/mol. The highest BCUT2D eigenvalue weighted by Gasteiger charge is 2.28. The first-order valence-corrected chi connectivity index (χ1v) is 13.6. The molecule has 0 radical (unpaired) electrons. The zero-order valence-electron chi connectivity index (χ0n) is 20.2. The Bertz CT molecular complexity index is 1280. The molecule has 190 valence electrons. The smallest absolute Gasteiger partial charge is 0.264 e. The second kappa shape index (κ2) is 11.9. The predicted molar refractivity (Wildman–Crippen MR) is 142 cm³/mol. The first-order valence-electron chi connectivity index (χ1n) is 11.8. The molecule has 1 aliphatic rings. The molecule has 0 saturated carbocycles. The number of hydrogen-bond donors (Lipinski definition) is 1. The van der Waals surface area contributed by atoms with Crippen molar-refractivity contribution in [1.29, 1.82) is 0 Å². The molecule has 0 aliphatic carbocycles. The van der Waals surface area contributed by atoms with Crippen LogP contribution in [0.1, 0.15) is 16.7 Å². The fraction of sp³-hybridized carbons (Fsp3) is 0.296. The third-order valence-corrected chi connectivity index (χ3v) is 8.12. The van der Waals surface area contributed by atoms with Gasteiger partial charge in [0.1, 0.15) is 6.54 Å². The van der Waals surface area contributed by atoms with Gasteiger partial charge in [0.25, 0.3) is 10.0 Å². The number of morpholine rings is 1. The Morgan fingerprint density at radius 2 is 1.61 bits per heavy atom. The molecule has 3 aromatic rings. The summed E-state index contributed by atoms with van der Waals surface area (Å²) in [5.74, 6) is -0.395. The van der Waals surface area contributed by atoms with Gasteiger partial charge in [0.15, 0.2) is 0 Å². The van der Waals surface area contributed by atoms with Crippen LogP contribution in [0.3, 0.4) is 0 Å². The second-order valence-corrected chi connectivity index (χ2v) is 11.0. The van der Waals surface area contributed by atoms with E-state index in [-0.39, 0.29) is 11.4 Å². The van der Waals surface area contributed by atoms with Gasteiger partial charge in [-0.2, -0.15) is 0 Å². The summed E-state index contributed by atoms with van der Waals surface area (Å²) >= 11 is 5.95. The SMILES string of the molecule is Cc1ccccc1N(CC(=O)NCc1ccc(CN2CCOCC2)cc1)S(=O)(=O)c1ccc(Cl)cc1. The van der Waals surface area contributed by atoms with Crippen molar-refractivity contribution >= 4 is 33.2 Å². The molecule has 0 bridgehead atoms. The molecule has 4 rings (SSSR count). The van der Waals surface area contributed by atoms with Gasteiger partial charge in [0.2, 0.25) is 5.91 Å². The Balaban J connectivity index is 1.44. The molecule has 7 nitrogen and oxygen atoms in total. The summed E-state index contributed by atoms with van der Waals surface area (Å²) in [4.78, 5) is 15.3. The topological polar surface area (TPSA) is 79.0 Å². The Kier molecular flexibility index (Phi) is 8.64. The quantitative estimate of drug-likeness (QED) is 0.455. The lowest BCUT2D eigenvalue weighted by Gasteiger charge is -2.26. The van der Waals surface area contributed by atoms with Crippen molar-refractivity contribution in [3.8, 4) is 0 Å². The summed E-state index contributed by atoms with van der Waals surface area (Å²) in [6, 6.07) is 21.1. The maximum atomic E-state index is 13.5. The summed E-state index contributed by atoms with van der Waals surface area (Å²) < 4.78 is 33.5. The fourth-order valence-electron chi connectivity index (χ4n) is 4.04. The lowest BCUT2D eigenvalue weighted by Crippen LogP contribution is -2.41. The first-order chi connectivity index (χ1) is 17.3. The van der Waals surface area contributed by atoms with Crippen molar-refractivity contribution in [2.24, 2.45) is 0 Å². The van der Waals surface area contributed by atoms with Gasteiger partial charge in [-0.05, 0) is 53.9 Å². The Morgan fingerprint density at radius 1 is 0.972 bits per heavy atom. The van der Waals surface area contributed by atoms with Gasteiger partial charge < -0.3 is 10.1 Å². The lowest BCUT2D eigenvalue weighted by atomic mass is 10.1. The van der Waals surface area contributed by atoms with Crippen LogP contribution in [-0.4, -0.2) is 52.1 Å². The molecule has 1 heterocycles. The number of para-hydroxylation sites is 1. The van der Waals surface area contributed by atoms with E-state index in [2.05, 4.69) is 22.3 Å². The number of aryl methyl sites for hydroxylation is 1. The highest BCUT2D eigenvalue weighted by molar-refractivity contribution is 7.92. The Morgan fingerprint density at radius 3 is 2.28 bits per heavy atom. The van der Waals surface area contributed by atoms with Crippen LogP contribution in [0.5, 0.6) is 0 Å². The zero-order chi connectivity index (χ0) is 25.5. The number of hydrogen-bond acceptors (Lipinski definition) is 5.